The van der Waals surface area contributed by atoms with E-state index >= 15 is 0 Å². The molecule has 0 atom stereocenters. The molecule has 5 nitrogen and oxygen atoms in total. The minimum absolute atomic E-state index is 0.0594. The highest BCUT2D eigenvalue weighted by molar-refractivity contribution is 9.10. The number of carbonyl (C=O) groups excluding carboxylic acids is 1. The summed E-state index contributed by atoms with van der Waals surface area (Å²) in [6.45, 7) is 0. The van der Waals surface area contributed by atoms with Gasteiger partial charge in [-0.25, -0.2) is 0 Å². The Morgan fingerprint density at radius 3 is 2.38 bits per heavy atom. The van der Waals surface area contributed by atoms with E-state index in [9.17, 15) is 14.9 Å². The van der Waals surface area contributed by atoms with Crippen LogP contribution in [0.25, 0.3) is 0 Å². The summed E-state index contributed by atoms with van der Waals surface area (Å²) >= 11 is 9.41. The molecule has 1 amide bonds. The normalized spacial score (nSPS) is 10.2. The van der Waals surface area contributed by atoms with E-state index in [1.807, 2.05) is 0 Å². The molecule has 0 heterocycles. The largest absolute Gasteiger partial charge is 0.310 e. The third kappa shape index (κ3) is 3.40. The number of halogens is 2. The number of nitro groups is 1. The molecule has 2 rings (SSSR count). The maximum atomic E-state index is 12.3. The second-order valence-corrected chi connectivity index (χ2v) is 5.59. The standard InChI is InChI=1S/C14H10BrClN2O3/c1-17(13-7-4-10(15)8-12(13)16)14(19)9-2-5-11(6-3-9)18(20)21/h2-8H,1H3. The minimum Gasteiger partial charge on any atom is -0.310 e. The van der Waals surface area contributed by atoms with Crippen LogP contribution in [0.15, 0.2) is 46.9 Å². The molecule has 0 aromatic heterocycles. The quantitative estimate of drug-likeness (QED) is 0.599. The molecule has 0 bridgehead atoms. The fraction of sp³-hybridized carbons (Fsp3) is 0.0714. The van der Waals surface area contributed by atoms with Crippen LogP contribution in [0.2, 0.25) is 5.02 Å². The topological polar surface area (TPSA) is 63.5 Å². The van der Waals surface area contributed by atoms with E-state index in [0.717, 1.165) is 4.47 Å². The predicted molar refractivity (Wildman–Crippen MR) is 85.0 cm³/mol. The van der Waals surface area contributed by atoms with E-state index in [4.69, 9.17) is 11.6 Å². The summed E-state index contributed by atoms with van der Waals surface area (Å²) < 4.78 is 0.812. The molecule has 7 heteroatoms. The van der Waals surface area contributed by atoms with Gasteiger partial charge in [0.15, 0.2) is 0 Å². The van der Waals surface area contributed by atoms with E-state index in [0.29, 0.717) is 16.3 Å². The zero-order chi connectivity index (χ0) is 15.6. The van der Waals surface area contributed by atoms with Crippen molar-refractivity contribution < 1.29 is 9.72 Å². The lowest BCUT2D eigenvalue weighted by Gasteiger charge is -2.18. The average Bonchev–Trinajstić information content (AvgIpc) is 2.46. The molecule has 0 N–H and O–H groups in total. The first-order chi connectivity index (χ1) is 9.90. The number of amides is 1. The van der Waals surface area contributed by atoms with E-state index in [2.05, 4.69) is 15.9 Å². The Hall–Kier alpha value is -1.92. The Bertz CT molecular complexity index is 704. The number of hydrogen-bond donors (Lipinski definition) is 0. The summed E-state index contributed by atoms with van der Waals surface area (Å²) in [4.78, 5) is 23.8. The smallest absolute Gasteiger partial charge is 0.269 e. The monoisotopic (exact) mass is 368 g/mol. The van der Waals surface area contributed by atoms with Crippen molar-refractivity contribution in [3.8, 4) is 0 Å². The molecule has 2 aromatic rings. The van der Waals surface area contributed by atoms with Gasteiger partial charge in [0.25, 0.3) is 11.6 Å². The molecule has 0 unspecified atom stereocenters. The summed E-state index contributed by atoms with van der Waals surface area (Å²) in [7, 11) is 1.60. The molecule has 0 aliphatic heterocycles. The van der Waals surface area contributed by atoms with Crippen molar-refractivity contribution >= 4 is 44.8 Å². The summed E-state index contributed by atoms with van der Waals surface area (Å²) in [6.07, 6.45) is 0. The van der Waals surface area contributed by atoms with Crippen LogP contribution in [0.5, 0.6) is 0 Å². The molecule has 0 spiro atoms. The van der Waals surface area contributed by atoms with E-state index < -0.39 is 4.92 Å². The Balaban J connectivity index is 2.28. The van der Waals surface area contributed by atoms with Crippen LogP contribution in [-0.2, 0) is 0 Å². The first kappa shape index (κ1) is 15.5. The zero-order valence-electron chi connectivity index (χ0n) is 10.9. The van der Waals surface area contributed by atoms with Crippen LogP contribution in [0, 0.1) is 10.1 Å². The molecule has 0 fully saturated rings. The SMILES string of the molecule is CN(C(=O)c1ccc([N+](=O)[O-])cc1)c1ccc(Br)cc1Cl. The summed E-state index contributed by atoms with van der Waals surface area (Å²) in [5.41, 5.74) is 0.848. The molecule has 21 heavy (non-hydrogen) atoms. The van der Waals surface area contributed by atoms with Crippen molar-refractivity contribution in [2.45, 2.75) is 0 Å². The van der Waals surface area contributed by atoms with E-state index in [1.54, 1.807) is 25.2 Å². The Morgan fingerprint density at radius 2 is 1.86 bits per heavy atom. The van der Waals surface area contributed by atoms with Gasteiger partial charge in [0.05, 0.1) is 15.6 Å². The number of hydrogen-bond acceptors (Lipinski definition) is 3. The number of nitrogens with zero attached hydrogens (tertiary/aromatic N) is 2. The van der Waals surface area contributed by atoms with Crippen molar-refractivity contribution in [2.24, 2.45) is 0 Å². The van der Waals surface area contributed by atoms with Crippen LogP contribution >= 0.6 is 27.5 Å². The second kappa shape index (κ2) is 6.24. The number of carbonyl (C=O) groups is 1. The number of rotatable bonds is 3. The molecule has 2 aromatic carbocycles. The molecular formula is C14H10BrClN2O3. The van der Waals surface area contributed by atoms with Crippen LogP contribution < -0.4 is 4.90 Å². The first-order valence-corrected chi connectivity index (χ1v) is 7.05. The molecular weight excluding hydrogens is 360 g/mol. The Labute approximate surface area is 134 Å². The number of benzene rings is 2. The highest BCUT2D eigenvalue weighted by Gasteiger charge is 2.17. The van der Waals surface area contributed by atoms with Crippen LogP contribution in [-0.4, -0.2) is 17.9 Å². The van der Waals surface area contributed by atoms with Gasteiger partial charge in [-0.05, 0) is 30.3 Å². The lowest BCUT2D eigenvalue weighted by Crippen LogP contribution is -2.26. The van der Waals surface area contributed by atoms with Crippen molar-refractivity contribution in [1.82, 2.24) is 0 Å². The third-order valence-corrected chi connectivity index (χ3v) is 3.70. The third-order valence-electron chi connectivity index (χ3n) is 2.90. The fourth-order valence-electron chi connectivity index (χ4n) is 1.78. The maximum Gasteiger partial charge on any atom is 0.269 e. The highest BCUT2D eigenvalue weighted by Crippen LogP contribution is 2.29. The summed E-state index contributed by atoms with van der Waals surface area (Å²) in [6, 6.07) is 10.6. The molecule has 108 valence electrons. The lowest BCUT2D eigenvalue weighted by atomic mass is 10.1. The molecule has 0 radical (unpaired) electrons. The second-order valence-electron chi connectivity index (χ2n) is 4.26. The van der Waals surface area contributed by atoms with Crippen molar-refractivity contribution in [1.29, 1.82) is 0 Å². The van der Waals surface area contributed by atoms with Crippen molar-refractivity contribution in [3.63, 3.8) is 0 Å². The average molecular weight is 370 g/mol. The van der Waals surface area contributed by atoms with Gasteiger partial charge in [0.2, 0.25) is 0 Å². The predicted octanol–water partition coefficient (Wildman–Crippen LogP) is 4.29. The maximum absolute atomic E-state index is 12.3. The number of anilines is 1. The zero-order valence-corrected chi connectivity index (χ0v) is 13.3. The van der Waals surface area contributed by atoms with Gasteiger partial charge < -0.3 is 4.90 Å². The minimum atomic E-state index is -0.510. The first-order valence-electron chi connectivity index (χ1n) is 5.87. The van der Waals surface area contributed by atoms with Gasteiger partial charge in [-0.1, -0.05) is 27.5 Å². The number of nitro benzene ring substituents is 1. The van der Waals surface area contributed by atoms with Gasteiger partial charge in [-0.15, -0.1) is 0 Å². The Morgan fingerprint density at radius 1 is 1.24 bits per heavy atom. The summed E-state index contributed by atoms with van der Waals surface area (Å²) in [5.74, 6) is -0.297. The molecule has 0 aliphatic carbocycles. The fourth-order valence-corrected chi connectivity index (χ4v) is 2.58. The molecule has 0 aliphatic rings. The van der Waals surface area contributed by atoms with Gasteiger partial charge in [-0.3, -0.25) is 14.9 Å². The Kier molecular flexibility index (Phi) is 4.59. The van der Waals surface area contributed by atoms with Crippen LogP contribution in [0.3, 0.4) is 0 Å². The highest BCUT2D eigenvalue weighted by atomic mass is 79.9. The van der Waals surface area contributed by atoms with E-state index in [-0.39, 0.29) is 11.6 Å². The van der Waals surface area contributed by atoms with E-state index in [1.165, 1.54) is 29.2 Å². The van der Waals surface area contributed by atoms with Gasteiger partial charge >= 0.3 is 0 Å². The summed E-state index contributed by atoms with van der Waals surface area (Å²) in [5, 5.41) is 11.0. The van der Waals surface area contributed by atoms with Gasteiger partial charge in [-0.2, -0.15) is 0 Å². The van der Waals surface area contributed by atoms with Crippen molar-refractivity contribution in [3.05, 3.63) is 67.6 Å². The molecule has 0 saturated carbocycles. The molecule has 0 saturated heterocycles. The lowest BCUT2D eigenvalue weighted by molar-refractivity contribution is -0.384. The van der Waals surface area contributed by atoms with Gasteiger partial charge in [0, 0.05) is 29.2 Å². The van der Waals surface area contributed by atoms with Crippen molar-refractivity contribution in [2.75, 3.05) is 11.9 Å². The van der Waals surface area contributed by atoms with Crippen LogP contribution in [0.4, 0.5) is 11.4 Å². The van der Waals surface area contributed by atoms with Gasteiger partial charge in [0.1, 0.15) is 0 Å². The van der Waals surface area contributed by atoms with Crippen LogP contribution in [0.1, 0.15) is 10.4 Å². The number of non-ortho nitro benzene ring substituents is 1.